The molecule has 2 N–H and O–H groups in total. The summed E-state index contributed by atoms with van der Waals surface area (Å²) in [5, 5.41) is 3.41. The number of carbonyl (C=O) groups is 1. The molecular weight excluding hydrogens is 384 g/mol. The average Bonchev–Trinajstić information content (AvgIpc) is 2.63. The van der Waals surface area contributed by atoms with Crippen LogP contribution in [0.15, 0.2) is 60.8 Å². The molecule has 3 aromatic rings. The SMILES string of the molecule is Cc1cc(CS(=O)O)ccc1C(=O)Nc1ccc(Cl)c(-c2ccccn2)c1. The lowest BCUT2D eigenvalue weighted by Crippen LogP contribution is -2.13. The fourth-order valence-corrected chi connectivity index (χ4v) is 3.41. The summed E-state index contributed by atoms with van der Waals surface area (Å²) in [7, 11) is 0. The Labute approximate surface area is 164 Å². The van der Waals surface area contributed by atoms with Crippen LogP contribution < -0.4 is 5.32 Å². The number of hydrogen-bond acceptors (Lipinski definition) is 3. The van der Waals surface area contributed by atoms with Gasteiger partial charge < -0.3 is 9.87 Å². The van der Waals surface area contributed by atoms with E-state index >= 15 is 0 Å². The molecule has 7 heteroatoms. The van der Waals surface area contributed by atoms with Crippen molar-refractivity contribution in [2.24, 2.45) is 0 Å². The van der Waals surface area contributed by atoms with Crippen LogP contribution in [0, 0.1) is 6.92 Å². The van der Waals surface area contributed by atoms with E-state index < -0.39 is 11.1 Å². The average molecular weight is 401 g/mol. The zero-order valence-corrected chi connectivity index (χ0v) is 16.1. The summed E-state index contributed by atoms with van der Waals surface area (Å²) in [4.78, 5) is 16.9. The van der Waals surface area contributed by atoms with Crippen molar-refractivity contribution in [2.75, 3.05) is 5.32 Å². The molecule has 1 atom stereocenters. The van der Waals surface area contributed by atoms with Gasteiger partial charge in [0, 0.05) is 23.0 Å². The van der Waals surface area contributed by atoms with E-state index in [1.165, 1.54) is 0 Å². The van der Waals surface area contributed by atoms with Crippen LogP contribution >= 0.6 is 11.6 Å². The molecule has 138 valence electrons. The normalized spacial score (nSPS) is 11.8. The molecule has 0 bridgehead atoms. The molecule has 3 rings (SSSR count). The number of halogens is 1. The van der Waals surface area contributed by atoms with Crippen molar-refractivity contribution < 1.29 is 13.6 Å². The number of pyridine rings is 1. The maximum Gasteiger partial charge on any atom is 0.255 e. The Morgan fingerprint density at radius 2 is 2.00 bits per heavy atom. The summed E-state index contributed by atoms with van der Waals surface area (Å²) in [6.07, 6.45) is 1.68. The molecule has 5 nitrogen and oxygen atoms in total. The van der Waals surface area contributed by atoms with Gasteiger partial charge in [0.15, 0.2) is 11.1 Å². The number of carbonyl (C=O) groups excluding carboxylic acids is 1. The van der Waals surface area contributed by atoms with Gasteiger partial charge in [0.05, 0.1) is 16.5 Å². The van der Waals surface area contributed by atoms with Crippen molar-refractivity contribution in [1.29, 1.82) is 0 Å². The van der Waals surface area contributed by atoms with Crippen molar-refractivity contribution in [3.8, 4) is 11.3 Å². The minimum absolute atomic E-state index is 0.0351. The topological polar surface area (TPSA) is 79.3 Å². The Morgan fingerprint density at radius 1 is 1.19 bits per heavy atom. The van der Waals surface area contributed by atoms with Gasteiger partial charge in [-0.05, 0) is 54.4 Å². The van der Waals surface area contributed by atoms with E-state index in [0.29, 0.717) is 21.8 Å². The molecule has 0 radical (unpaired) electrons. The van der Waals surface area contributed by atoms with Crippen molar-refractivity contribution in [1.82, 2.24) is 4.98 Å². The number of rotatable bonds is 5. The summed E-state index contributed by atoms with van der Waals surface area (Å²) in [5.74, 6) is -0.230. The first kappa shape index (κ1) is 19.2. The number of nitrogens with one attached hydrogen (secondary N) is 1. The molecule has 0 spiro atoms. The summed E-state index contributed by atoms with van der Waals surface area (Å²) in [5.41, 5.74) is 3.98. The van der Waals surface area contributed by atoms with Crippen LogP contribution in [0.5, 0.6) is 0 Å². The number of nitrogens with zero attached hydrogens (tertiary/aromatic N) is 1. The van der Waals surface area contributed by atoms with Gasteiger partial charge in [-0.15, -0.1) is 0 Å². The van der Waals surface area contributed by atoms with Gasteiger partial charge in [-0.25, -0.2) is 4.21 Å². The number of aryl methyl sites for hydroxylation is 1. The van der Waals surface area contributed by atoms with Crippen molar-refractivity contribution in [3.05, 3.63) is 82.5 Å². The number of aromatic nitrogens is 1. The highest BCUT2D eigenvalue weighted by Gasteiger charge is 2.12. The second-order valence-corrected chi connectivity index (χ2v) is 7.32. The van der Waals surface area contributed by atoms with Gasteiger partial charge in [0.25, 0.3) is 5.91 Å². The summed E-state index contributed by atoms with van der Waals surface area (Å²) < 4.78 is 19.9. The number of anilines is 1. The molecule has 0 saturated heterocycles. The third-order valence-electron chi connectivity index (χ3n) is 3.99. The van der Waals surface area contributed by atoms with Crippen LogP contribution in [0.3, 0.4) is 0 Å². The first-order chi connectivity index (χ1) is 12.9. The summed E-state index contributed by atoms with van der Waals surface area (Å²) in [6, 6.07) is 15.8. The van der Waals surface area contributed by atoms with Crippen molar-refractivity contribution in [2.45, 2.75) is 12.7 Å². The van der Waals surface area contributed by atoms with E-state index in [9.17, 15) is 9.00 Å². The molecule has 1 heterocycles. The van der Waals surface area contributed by atoms with Gasteiger partial charge in [-0.2, -0.15) is 0 Å². The smallest absolute Gasteiger partial charge is 0.255 e. The Kier molecular flexibility index (Phi) is 6.01. The highest BCUT2D eigenvalue weighted by atomic mass is 35.5. The van der Waals surface area contributed by atoms with Gasteiger partial charge >= 0.3 is 0 Å². The molecule has 0 saturated carbocycles. The zero-order valence-electron chi connectivity index (χ0n) is 14.5. The monoisotopic (exact) mass is 400 g/mol. The Morgan fingerprint density at radius 3 is 2.67 bits per heavy atom. The van der Waals surface area contributed by atoms with Crippen LogP contribution in [-0.4, -0.2) is 19.7 Å². The van der Waals surface area contributed by atoms with Crippen molar-refractivity contribution in [3.63, 3.8) is 0 Å². The second kappa shape index (κ2) is 8.43. The molecular formula is C20H17ClN2O3S. The second-order valence-electron chi connectivity index (χ2n) is 5.98. The lowest BCUT2D eigenvalue weighted by atomic mass is 10.0. The molecule has 2 aromatic carbocycles. The number of hydrogen-bond donors (Lipinski definition) is 2. The fraction of sp³-hybridized carbons (Fsp3) is 0.100. The molecule has 0 fully saturated rings. The third-order valence-corrected chi connectivity index (χ3v) is 4.90. The lowest BCUT2D eigenvalue weighted by molar-refractivity contribution is 0.102. The Balaban J connectivity index is 1.83. The standard InChI is InChI=1S/C20H17ClN2O3S/c1-13-10-14(12-27(25)26)5-7-16(13)20(24)23-15-6-8-18(21)17(11-15)19-4-2-3-9-22-19/h2-11H,12H2,1H3,(H,23,24)(H,25,26). The molecule has 0 aliphatic heterocycles. The maximum atomic E-state index is 12.6. The summed E-state index contributed by atoms with van der Waals surface area (Å²) in [6.45, 7) is 1.79. The van der Waals surface area contributed by atoms with Gasteiger partial charge in [-0.1, -0.05) is 29.8 Å². The van der Waals surface area contributed by atoms with Gasteiger partial charge in [0.2, 0.25) is 0 Å². The molecule has 0 aliphatic carbocycles. The van der Waals surface area contributed by atoms with Crippen LogP contribution in [0.25, 0.3) is 11.3 Å². The fourth-order valence-electron chi connectivity index (χ4n) is 2.73. The first-order valence-corrected chi connectivity index (χ1v) is 9.78. The first-order valence-electron chi connectivity index (χ1n) is 8.13. The van der Waals surface area contributed by atoms with Crippen molar-refractivity contribution >= 4 is 34.3 Å². The van der Waals surface area contributed by atoms with Crippen LogP contribution in [-0.2, 0) is 16.8 Å². The molecule has 1 amide bonds. The van der Waals surface area contributed by atoms with Crippen LogP contribution in [0.4, 0.5) is 5.69 Å². The van der Waals surface area contributed by atoms with Gasteiger partial charge in [0.1, 0.15) is 0 Å². The third kappa shape index (κ3) is 4.80. The molecule has 1 aromatic heterocycles. The maximum absolute atomic E-state index is 12.6. The minimum atomic E-state index is -1.92. The largest absolute Gasteiger partial charge is 0.322 e. The van der Waals surface area contributed by atoms with E-state index in [2.05, 4.69) is 10.3 Å². The van der Waals surface area contributed by atoms with E-state index in [-0.39, 0.29) is 11.7 Å². The van der Waals surface area contributed by atoms with Crippen LogP contribution in [0.2, 0.25) is 5.02 Å². The Bertz CT molecular complexity index is 1010. The highest BCUT2D eigenvalue weighted by Crippen LogP contribution is 2.29. The van der Waals surface area contributed by atoms with Crippen LogP contribution in [0.1, 0.15) is 21.5 Å². The predicted octanol–water partition coefficient (Wildman–Crippen LogP) is 4.68. The minimum Gasteiger partial charge on any atom is -0.322 e. The molecule has 27 heavy (non-hydrogen) atoms. The quantitative estimate of drug-likeness (QED) is 0.609. The number of benzene rings is 2. The highest BCUT2D eigenvalue weighted by molar-refractivity contribution is 7.78. The lowest BCUT2D eigenvalue weighted by Gasteiger charge is -2.11. The van der Waals surface area contributed by atoms with E-state index in [1.807, 2.05) is 18.2 Å². The van der Waals surface area contributed by atoms with E-state index in [0.717, 1.165) is 16.8 Å². The predicted molar refractivity (Wildman–Crippen MR) is 108 cm³/mol. The zero-order chi connectivity index (χ0) is 19.4. The molecule has 0 aliphatic rings. The van der Waals surface area contributed by atoms with Gasteiger partial charge in [-0.3, -0.25) is 9.78 Å². The van der Waals surface area contributed by atoms with E-state index in [1.54, 1.807) is 49.5 Å². The molecule has 1 unspecified atom stereocenters. The summed E-state index contributed by atoms with van der Waals surface area (Å²) >= 11 is 4.35. The Hall–Kier alpha value is -2.54. The number of amides is 1. The van der Waals surface area contributed by atoms with E-state index in [4.69, 9.17) is 16.2 Å².